The van der Waals surface area contributed by atoms with Gasteiger partial charge in [0.2, 0.25) is 0 Å². The monoisotopic (exact) mass is 199 g/mol. The van der Waals surface area contributed by atoms with Gasteiger partial charge in [0.05, 0.1) is 0 Å². The number of amides is 1. The van der Waals surface area contributed by atoms with Gasteiger partial charge in [0.1, 0.15) is 4.88 Å². The summed E-state index contributed by atoms with van der Waals surface area (Å²) in [5.41, 5.74) is 0.949. The molecule has 1 rings (SSSR count). The molecule has 1 N–H and O–H groups in total. The molecule has 0 aliphatic rings. The van der Waals surface area contributed by atoms with Crippen LogP contribution in [0.5, 0.6) is 0 Å². The molecule has 0 aliphatic carbocycles. The number of carbonyl (C=O) groups is 1. The van der Waals surface area contributed by atoms with Crippen LogP contribution in [0.25, 0.3) is 0 Å². The van der Waals surface area contributed by atoms with E-state index < -0.39 is 0 Å². The Balaban J connectivity index is 3.34. The quantitative estimate of drug-likeness (QED) is 0.694. The van der Waals surface area contributed by atoms with Gasteiger partial charge in [0.15, 0.2) is 4.80 Å². The lowest BCUT2D eigenvalue weighted by Crippen LogP contribution is -2.17. The van der Waals surface area contributed by atoms with Crippen molar-refractivity contribution in [3.63, 3.8) is 0 Å². The van der Waals surface area contributed by atoms with E-state index in [0.717, 1.165) is 15.4 Å². The van der Waals surface area contributed by atoms with E-state index in [1.807, 2.05) is 18.5 Å². The minimum atomic E-state index is -0.0481. The zero-order chi connectivity index (χ0) is 10.0. The first-order valence-corrected chi connectivity index (χ1v) is 4.74. The number of hydrogen-bond acceptors (Lipinski definition) is 3. The van der Waals surface area contributed by atoms with E-state index in [1.165, 1.54) is 11.3 Å². The standard InChI is InChI=1S/C8H13N3OS/c1-5-6(7(12)9-2)13-8(10-3)11(5)4/h1-4H3,(H,9,12). The van der Waals surface area contributed by atoms with Crippen LogP contribution < -0.4 is 10.1 Å². The van der Waals surface area contributed by atoms with Gasteiger partial charge >= 0.3 is 0 Å². The minimum absolute atomic E-state index is 0.0481. The summed E-state index contributed by atoms with van der Waals surface area (Å²) >= 11 is 1.40. The van der Waals surface area contributed by atoms with E-state index in [2.05, 4.69) is 10.3 Å². The normalized spacial score (nSPS) is 11.8. The summed E-state index contributed by atoms with van der Waals surface area (Å²) in [6.45, 7) is 1.91. The highest BCUT2D eigenvalue weighted by molar-refractivity contribution is 7.11. The molecule has 0 aromatic carbocycles. The summed E-state index contributed by atoms with van der Waals surface area (Å²) in [5.74, 6) is -0.0481. The number of rotatable bonds is 1. The van der Waals surface area contributed by atoms with Gasteiger partial charge in [-0.2, -0.15) is 0 Å². The highest BCUT2D eigenvalue weighted by atomic mass is 32.1. The molecule has 72 valence electrons. The van der Waals surface area contributed by atoms with E-state index in [4.69, 9.17) is 0 Å². The first-order chi connectivity index (χ1) is 6.11. The second-order valence-electron chi connectivity index (χ2n) is 2.66. The van der Waals surface area contributed by atoms with Crippen LogP contribution >= 0.6 is 11.3 Å². The SMILES string of the molecule is CN=c1sc(C(=O)NC)c(C)n1C. The maximum Gasteiger partial charge on any atom is 0.263 e. The Morgan fingerprint density at radius 1 is 1.62 bits per heavy atom. The first-order valence-electron chi connectivity index (χ1n) is 3.93. The molecule has 0 bridgehead atoms. The number of thiazole rings is 1. The lowest BCUT2D eigenvalue weighted by atomic mass is 10.4. The van der Waals surface area contributed by atoms with Gasteiger partial charge < -0.3 is 9.88 Å². The minimum Gasteiger partial charge on any atom is -0.354 e. The molecule has 13 heavy (non-hydrogen) atoms. The molecule has 1 amide bonds. The predicted octanol–water partition coefficient (Wildman–Crippen LogP) is 0.285. The molecule has 1 aromatic rings. The summed E-state index contributed by atoms with van der Waals surface area (Å²) in [5, 5.41) is 2.60. The highest BCUT2D eigenvalue weighted by Crippen LogP contribution is 2.09. The fraction of sp³-hybridized carbons (Fsp3) is 0.500. The second-order valence-corrected chi connectivity index (χ2v) is 3.64. The van der Waals surface area contributed by atoms with Crippen LogP contribution in [-0.2, 0) is 7.05 Å². The maximum atomic E-state index is 11.4. The third-order valence-corrected chi connectivity index (χ3v) is 3.26. The molecule has 4 nitrogen and oxygen atoms in total. The topological polar surface area (TPSA) is 46.4 Å². The van der Waals surface area contributed by atoms with Crippen LogP contribution in [0.1, 0.15) is 15.4 Å². The second kappa shape index (κ2) is 3.74. The van der Waals surface area contributed by atoms with Crippen molar-refractivity contribution >= 4 is 17.2 Å². The van der Waals surface area contributed by atoms with Gasteiger partial charge in [0, 0.05) is 26.8 Å². The fourth-order valence-corrected chi connectivity index (χ4v) is 2.08. The van der Waals surface area contributed by atoms with Crippen molar-refractivity contribution in [2.45, 2.75) is 6.92 Å². The summed E-state index contributed by atoms with van der Waals surface area (Å²) in [4.78, 5) is 17.0. The lowest BCUT2D eigenvalue weighted by Gasteiger charge is -1.97. The van der Waals surface area contributed by atoms with Crippen molar-refractivity contribution in [3.05, 3.63) is 15.4 Å². The molecule has 0 spiro atoms. The first kappa shape index (κ1) is 9.98. The van der Waals surface area contributed by atoms with E-state index in [-0.39, 0.29) is 5.91 Å². The largest absolute Gasteiger partial charge is 0.354 e. The molecule has 0 radical (unpaired) electrons. The Morgan fingerprint density at radius 2 is 2.23 bits per heavy atom. The highest BCUT2D eigenvalue weighted by Gasteiger charge is 2.12. The number of aromatic nitrogens is 1. The Hall–Kier alpha value is -1.10. The predicted molar refractivity (Wildman–Crippen MR) is 52.9 cm³/mol. The van der Waals surface area contributed by atoms with Crippen molar-refractivity contribution in [3.8, 4) is 0 Å². The Bertz CT molecular complexity index is 389. The Kier molecular flexibility index (Phi) is 2.87. The van der Waals surface area contributed by atoms with E-state index >= 15 is 0 Å². The van der Waals surface area contributed by atoms with Crippen molar-refractivity contribution in [2.24, 2.45) is 12.0 Å². The van der Waals surface area contributed by atoms with E-state index in [0.29, 0.717) is 0 Å². The number of nitrogens with one attached hydrogen (secondary N) is 1. The van der Waals surface area contributed by atoms with Crippen molar-refractivity contribution in [1.29, 1.82) is 0 Å². The molecule has 0 atom stereocenters. The molecular formula is C8H13N3OS. The summed E-state index contributed by atoms with van der Waals surface area (Å²) < 4.78 is 1.91. The fourth-order valence-electron chi connectivity index (χ4n) is 1.05. The molecule has 0 saturated carbocycles. The average molecular weight is 199 g/mol. The van der Waals surface area contributed by atoms with Crippen molar-refractivity contribution < 1.29 is 4.79 Å². The van der Waals surface area contributed by atoms with Gasteiger partial charge in [0.25, 0.3) is 5.91 Å². The molecular weight excluding hydrogens is 186 g/mol. The van der Waals surface area contributed by atoms with Gasteiger partial charge in [-0.05, 0) is 6.92 Å². The lowest BCUT2D eigenvalue weighted by molar-refractivity contribution is 0.0966. The molecule has 1 aromatic heterocycles. The number of nitrogens with zero attached hydrogens (tertiary/aromatic N) is 2. The van der Waals surface area contributed by atoms with Gasteiger partial charge in [-0.25, -0.2) is 0 Å². The van der Waals surface area contributed by atoms with E-state index in [1.54, 1.807) is 14.1 Å². The van der Waals surface area contributed by atoms with Gasteiger partial charge in [-0.1, -0.05) is 11.3 Å². The Morgan fingerprint density at radius 3 is 2.62 bits per heavy atom. The van der Waals surface area contributed by atoms with Crippen molar-refractivity contribution in [1.82, 2.24) is 9.88 Å². The van der Waals surface area contributed by atoms with Gasteiger partial charge in [-0.3, -0.25) is 9.79 Å². The zero-order valence-corrected chi connectivity index (χ0v) is 9.03. The maximum absolute atomic E-state index is 11.4. The van der Waals surface area contributed by atoms with Crippen LogP contribution in [0.4, 0.5) is 0 Å². The summed E-state index contributed by atoms with van der Waals surface area (Å²) in [6.07, 6.45) is 0. The van der Waals surface area contributed by atoms with Crippen LogP contribution in [0, 0.1) is 6.92 Å². The smallest absolute Gasteiger partial charge is 0.263 e. The number of carbonyl (C=O) groups excluding carboxylic acids is 1. The third kappa shape index (κ3) is 1.65. The third-order valence-electron chi connectivity index (χ3n) is 1.94. The Labute approximate surface area is 80.9 Å². The summed E-state index contributed by atoms with van der Waals surface area (Å²) in [6, 6.07) is 0. The van der Waals surface area contributed by atoms with Crippen LogP contribution in [0.2, 0.25) is 0 Å². The van der Waals surface area contributed by atoms with Crippen LogP contribution in [0.15, 0.2) is 4.99 Å². The molecule has 0 saturated heterocycles. The average Bonchev–Trinajstić information content (AvgIpc) is 2.43. The zero-order valence-electron chi connectivity index (χ0n) is 8.21. The van der Waals surface area contributed by atoms with Crippen molar-refractivity contribution in [2.75, 3.05) is 14.1 Å². The van der Waals surface area contributed by atoms with E-state index in [9.17, 15) is 4.79 Å². The molecule has 0 fully saturated rings. The van der Waals surface area contributed by atoms with Gasteiger partial charge in [-0.15, -0.1) is 0 Å². The molecule has 1 heterocycles. The summed E-state index contributed by atoms with van der Waals surface area (Å²) in [7, 11) is 5.25. The van der Waals surface area contributed by atoms with Crippen LogP contribution in [-0.4, -0.2) is 24.6 Å². The van der Waals surface area contributed by atoms with Crippen LogP contribution in [0.3, 0.4) is 0 Å². The molecule has 5 heteroatoms. The number of hydrogen-bond donors (Lipinski definition) is 1. The molecule has 0 unspecified atom stereocenters. The molecule has 0 aliphatic heterocycles.